The van der Waals surface area contributed by atoms with Crippen LogP contribution in [0.1, 0.15) is 18.9 Å². The van der Waals surface area contributed by atoms with Gasteiger partial charge in [0.2, 0.25) is 0 Å². The molecular weight excluding hydrogens is 238 g/mol. The molecule has 1 aromatic carbocycles. The predicted octanol–water partition coefficient (Wildman–Crippen LogP) is 3.11. The lowest BCUT2D eigenvalue weighted by Gasteiger charge is -2.10. The summed E-state index contributed by atoms with van der Waals surface area (Å²) in [6.07, 6.45) is 4.48. The first-order chi connectivity index (χ1) is 9.35. The van der Waals surface area contributed by atoms with Crippen molar-refractivity contribution in [2.45, 2.75) is 20.0 Å². The Morgan fingerprint density at radius 1 is 1.21 bits per heavy atom. The number of nitrogens with zero attached hydrogens (tertiary/aromatic N) is 2. The number of anilines is 1. The van der Waals surface area contributed by atoms with Gasteiger partial charge in [-0.3, -0.25) is 4.98 Å². The number of methoxy groups -OCH3 is 1. The zero-order valence-corrected chi connectivity index (χ0v) is 11.4. The maximum Gasteiger partial charge on any atom is 0.152 e. The van der Waals surface area contributed by atoms with Crippen LogP contribution in [0.15, 0.2) is 36.7 Å². The Morgan fingerprint density at radius 3 is 2.84 bits per heavy atom. The van der Waals surface area contributed by atoms with Crippen molar-refractivity contribution in [2.75, 3.05) is 19.0 Å². The first kappa shape index (κ1) is 13.5. The molecule has 0 spiro atoms. The van der Waals surface area contributed by atoms with E-state index >= 15 is 0 Å². The number of benzene rings is 1. The Kier molecular flexibility index (Phi) is 4.86. The molecule has 0 fully saturated rings. The highest BCUT2D eigenvalue weighted by atomic mass is 16.5. The van der Waals surface area contributed by atoms with E-state index in [0.29, 0.717) is 6.61 Å². The van der Waals surface area contributed by atoms with E-state index in [1.54, 1.807) is 19.5 Å². The third kappa shape index (κ3) is 3.51. The van der Waals surface area contributed by atoms with Crippen LogP contribution in [0.5, 0.6) is 0 Å². The van der Waals surface area contributed by atoms with Crippen molar-refractivity contribution in [3.63, 3.8) is 0 Å². The molecule has 0 aliphatic rings. The molecule has 1 aromatic heterocycles. The van der Waals surface area contributed by atoms with Crippen molar-refractivity contribution in [2.24, 2.45) is 0 Å². The number of hydrogen-bond donors (Lipinski definition) is 1. The molecule has 0 atom stereocenters. The van der Waals surface area contributed by atoms with Crippen molar-refractivity contribution in [1.29, 1.82) is 0 Å². The van der Waals surface area contributed by atoms with Crippen molar-refractivity contribution in [3.8, 4) is 11.3 Å². The van der Waals surface area contributed by atoms with Crippen LogP contribution in [-0.2, 0) is 11.3 Å². The predicted molar refractivity (Wildman–Crippen MR) is 77.0 cm³/mol. The molecule has 0 amide bonds. The maximum absolute atomic E-state index is 5.16. The Hall–Kier alpha value is -1.94. The van der Waals surface area contributed by atoms with Crippen molar-refractivity contribution in [3.05, 3.63) is 42.2 Å². The molecule has 1 heterocycles. The van der Waals surface area contributed by atoms with Crippen LogP contribution in [0.25, 0.3) is 11.3 Å². The fraction of sp³-hybridized carbons (Fsp3) is 0.333. The molecule has 100 valence electrons. The number of nitrogens with one attached hydrogen (secondary N) is 1. The molecule has 1 N–H and O–H groups in total. The fourth-order valence-electron chi connectivity index (χ4n) is 1.90. The van der Waals surface area contributed by atoms with Gasteiger partial charge in [0.15, 0.2) is 5.82 Å². The molecular formula is C15H19N3O. The largest absolute Gasteiger partial charge is 0.380 e. The average Bonchev–Trinajstić information content (AvgIpc) is 2.46. The lowest BCUT2D eigenvalue weighted by Crippen LogP contribution is -2.04. The third-order valence-electron chi connectivity index (χ3n) is 2.75. The Bertz CT molecular complexity index is 528. The van der Waals surface area contributed by atoms with Crippen LogP contribution in [0, 0.1) is 0 Å². The molecule has 4 heteroatoms. The van der Waals surface area contributed by atoms with Gasteiger partial charge in [-0.05, 0) is 18.1 Å². The molecule has 0 saturated heterocycles. The number of rotatable bonds is 6. The maximum atomic E-state index is 5.16. The van der Waals surface area contributed by atoms with Gasteiger partial charge < -0.3 is 10.1 Å². The van der Waals surface area contributed by atoms with E-state index < -0.39 is 0 Å². The van der Waals surface area contributed by atoms with Crippen LogP contribution in [0.3, 0.4) is 0 Å². The molecule has 0 aliphatic heterocycles. The normalized spacial score (nSPS) is 10.4. The van der Waals surface area contributed by atoms with Crippen LogP contribution in [0.2, 0.25) is 0 Å². The van der Waals surface area contributed by atoms with Crippen LogP contribution >= 0.6 is 0 Å². The summed E-state index contributed by atoms with van der Waals surface area (Å²) in [5.41, 5.74) is 3.07. The SMILES string of the molecule is CCCNc1nccnc1-c1cccc(COC)c1. The van der Waals surface area contributed by atoms with Crippen LogP contribution in [-0.4, -0.2) is 23.6 Å². The number of hydrogen-bond acceptors (Lipinski definition) is 4. The Morgan fingerprint density at radius 2 is 2.05 bits per heavy atom. The summed E-state index contributed by atoms with van der Waals surface area (Å²) < 4.78 is 5.16. The van der Waals surface area contributed by atoms with Crippen LogP contribution < -0.4 is 5.32 Å². The Labute approximate surface area is 113 Å². The zero-order valence-electron chi connectivity index (χ0n) is 11.4. The topological polar surface area (TPSA) is 47.0 Å². The molecule has 0 unspecified atom stereocenters. The highest BCUT2D eigenvalue weighted by molar-refractivity contribution is 5.71. The third-order valence-corrected chi connectivity index (χ3v) is 2.75. The van der Waals surface area contributed by atoms with Gasteiger partial charge in [-0.1, -0.05) is 25.1 Å². The van der Waals surface area contributed by atoms with Gasteiger partial charge >= 0.3 is 0 Å². The highest BCUT2D eigenvalue weighted by Gasteiger charge is 2.07. The highest BCUT2D eigenvalue weighted by Crippen LogP contribution is 2.24. The lowest BCUT2D eigenvalue weighted by atomic mass is 10.1. The summed E-state index contributed by atoms with van der Waals surface area (Å²) in [6.45, 7) is 3.62. The first-order valence-corrected chi connectivity index (χ1v) is 6.48. The number of aromatic nitrogens is 2. The first-order valence-electron chi connectivity index (χ1n) is 6.48. The average molecular weight is 257 g/mol. The summed E-state index contributed by atoms with van der Waals surface area (Å²) in [5, 5.41) is 3.31. The smallest absolute Gasteiger partial charge is 0.152 e. The monoisotopic (exact) mass is 257 g/mol. The van der Waals surface area contributed by atoms with E-state index in [4.69, 9.17) is 4.74 Å². The molecule has 0 saturated carbocycles. The van der Waals surface area contributed by atoms with Gasteiger partial charge in [0.25, 0.3) is 0 Å². The number of ether oxygens (including phenoxy) is 1. The molecule has 2 aromatic rings. The van der Waals surface area contributed by atoms with E-state index in [1.165, 1.54) is 0 Å². The second-order valence-electron chi connectivity index (χ2n) is 4.31. The Balaban J connectivity index is 2.32. The summed E-state index contributed by atoms with van der Waals surface area (Å²) in [7, 11) is 1.70. The second kappa shape index (κ2) is 6.85. The molecule has 0 aliphatic carbocycles. The van der Waals surface area contributed by atoms with Gasteiger partial charge in [-0.25, -0.2) is 4.98 Å². The van der Waals surface area contributed by atoms with Crippen molar-refractivity contribution < 1.29 is 4.74 Å². The molecule has 0 radical (unpaired) electrons. The molecule has 0 bridgehead atoms. The summed E-state index contributed by atoms with van der Waals surface area (Å²) in [5.74, 6) is 0.832. The zero-order chi connectivity index (χ0) is 13.5. The second-order valence-corrected chi connectivity index (χ2v) is 4.31. The fourth-order valence-corrected chi connectivity index (χ4v) is 1.90. The van der Waals surface area contributed by atoms with Crippen molar-refractivity contribution >= 4 is 5.82 Å². The quantitative estimate of drug-likeness (QED) is 0.863. The minimum absolute atomic E-state index is 0.603. The summed E-state index contributed by atoms with van der Waals surface area (Å²) in [4.78, 5) is 8.80. The summed E-state index contributed by atoms with van der Waals surface area (Å²) in [6, 6.07) is 8.19. The van der Waals surface area contributed by atoms with Gasteiger partial charge in [0.05, 0.1) is 6.61 Å². The molecule has 2 rings (SSSR count). The van der Waals surface area contributed by atoms with Crippen LogP contribution in [0.4, 0.5) is 5.82 Å². The van der Waals surface area contributed by atoms with E-state index in [9.17, 15) is 0 Å². The standard InChI is InChI=1S/C15H19N3O/c1-3-7-17-15-14(16-8-9-18-15)13-6-4-5-12(10-13)11-19-2/h4-6,8-10H,3,7,11H2,1-2H3,(H,17,18). The lowest BCUT2D eigenvalue weighted by molar-refractivity contribution is 0.185. The van der Waals surface area contributed by atoms with E-state index in [1.807, 2.05) is 18.2 Å². The molecule has 19 heavy (non-hydrogen) atoms. The van der Waals surface area contributed by atoms with E-state index in [2.05, 4.69) is 28.3 Å². The van der Waals surface area contributed by atoms with Gasteiger partial charge in [-0.2, -0.15) is 0 Å². The van der Waals surface area contributed by atoms with Crippen molar-refractivity contribution in [1.82, 2.24) is 9.97 Å². The van der Waals surface area contributed by atoms with Gasteiger partial charge in [0.1, 0.15) is 5.69 Å². The van der Waals surface area contributed by atoms with E-state index in [-0.39, 0.29) is 0 Å². The summed E-state index contributed by atoms with van der Waals surface area (Å²) >= 11 is 0. The van der Waals surface area contributed by atoms with E-state index in [0.717, 1.165) is 35.6 Å². The minimum atomic E-state index is 0.603. The van der Waals surface area contributed by atoms with Gasteiger partial charge in [0, 0.05) is 31.6 Å². The molecule has 4 nitrogen and oxygen atoms in total. The van der Waals surface area contributed by atoms with Gasteiger partial charge in [-0.15, -0.1) is 0 Å². The minimum Gasteiger partial charge on any atom is -0.380 e.